The lowest BCUT2D eigenvalue weighted by atomic mass is 10.1. The molecule has 2 rings (SSSR count). The molecule has 2 aromatic rings. The lowest BCUT2D eigenvalue weighted by molar-refractivity contribution is 0.271. The van der Waals surface area contributed by atoms with Crippen molar-refractivity contribution in [2.24, 2.45) is 0 Å². The van der Waals surface area contributed by atoms with Gasteiger partial charge in [-0.15, -0.1) is 0 Å². The molecule has 10 nitrogen and oxygen atoms in total. The fraction of sp³-hybridized carbons (Fsp3) is 0.250. The first kappa shape index (κ1) is 18.4. The van der Waals surface area contributed by atoms with Crippen molar-refractivity contribution >= 4 is 20.5 Å². The number of aromatic nitrogens is 2. The van der Waals surface area contributed by atoms with Crippen LogP contribution in [0, 0.1) is 6.92 Å². The van der Waals surface area contributed by atoms with E-state index >= 15 is 0 Å². The van der Waals surface area contributed by atoms with Crippen molar-refractivity contribution in [3.8, 4) is 5.69 Å². The van der Waals surface area contributed by atoms with Crippen molar-refractivity contribution in [3.05, 3.63) is 45.9 Å². The molecule has 12 heteroatoms. The zero-order valence-corrected chi connectivity index (χ0v) is 14.0. The Hall–Kier alpha value is -1.99. The smallest absolute Gasteiger partial charge is 0.295 e. The molecule has 0 unspecified atom stereocenters. The van der Waals surface area contributed by atoms with Gasteiger partial charge in [0.25, 0.3) is 15.7 Å². The predicted molar refractivity (Wildman–Crippen MR) is 82.1 cm³/mol. The lowest BCUT2D eigenvalue weighted by Crippen LogP contribution is -2.17. The highest BCUT2D eigenvalue weighted by Gasteiger charge is 2.19. The van der Waals surface area contributed by atoms with E-state index in [1.54, 1.807) is 6.92 Å². The van der Waals surface area contributed by atoms with Crippen LogP contribution in [0.5, 0.6) is 0 Å². The summed E-state index contributed by atoms with van der Waals surface area (Å²) in [5, 5.41) is 2.65. The van der Waals surface area contributed by atoms with E-state index in [9.17, 15) is 26.2 Å². The molecular formula is C12H14N2O8S2. The maximum atomic E-state index is 11.8. The number of benzene rings is 1. The van der Waals surface area contributed by atoms with Crippen molar-refractivity contribution in [2.45, 2.75) is 18.2 Å². The Kier molecular flexibility index (Phi) is 4.96. The van der Waals surface area contributed by atoms with Gasteiger partial charge in [-0.3, -0.25) is 19.0 Å². The van der Waals surface area contributed by atoms with Crippen molar-refractivity contribution in [1.29, 1.82) is 0 Å². The Balaban J connectivity index is 2.44. The monoisotopic (exact) mass is 378 g/mol. The summed E-state index contributed by atoms with van der Waals surface area (Å²) >= 11 is 0. The maximum absolute atomic E-state index is 11.8. The molecule has 1 aromatic carbocycles. The highest BCUT2D eigenvalue weighted by Crippen LogP contribution is 2.21. The summed E-state index contributed by atoms with van der Waals surface area (Å²) < 4.78 is 67.1. The van der Waals surface area contributed by atoms with Gasteiger partial charge < -0.3 is 0 Å². The fourth-order valence-corrected chi connectivity index (χ4v) is 3.08. The van der Waals surface area contributed by atoms with E-state index in [2.05, 4.69) is 9.28 Å². The van der Waals surface area contributed by atoms with Crippen LogP contribution in [0.15, 0.2) is 34.0 Å². The van der Waals surface area contributed by atoms with Crippen LogP contribution >= 0.6 is 0 Å². The second kappa shape index (κ2) is 6.49. The first-order valence-corrected chi connectivity index (χ1v) is 9.29. The second-order valence-electron chi connectivity index (χ2n) is 4.89. The third-order valence-electron chi connectivity index (χ3n) is 3.01. The highest BCUT2D eigenvalue weighted by atomic mass is 32.3. The number of aryl methyl sites for hydroxylation is 1. The van der Waals surface area contributed by atoms with E-state index in [-0.39, 0.29) is 12.1 Å². The average molecular weight is 378 g/mol. The van der Waals surface area contributed by atoms with Crippen LogP contribution in [0.25, 0.3) is 5.69 Å². The minimum atomic E-state index is -4.65. The van der Waals surface area contributed by atoms with E-state index in [4.69, 9.17) is 4.55 Å². The summed E-state index contributed by atoms with van der Waals surface area (Å²) in [5.74, 6) is 0. The zero-order chi connectivity index (χ0) is 18.1. The van der Waals surface area contributed by atoms with Crippen LogP contribution in [-0.2, 0) is 31.1 Å². The summed E-state index contributed by atoms with van der Waals surface area (Å²) in [4.78, 5) is 11.3. The molecule has 0 aliphatic heterocycles. The third-order valence-corrected chi connectivity index (χ3v) is 4.36. The quantitative estimate of drug-likeness (QED) is 0.597. The third kappa shape index (κ3) is 4.52. The van der Waals surface area contributed by atoms with Crippen LogP contribution < -0.4 is 5.56 Å². The molecule has 0 saturated carbocycles. The molecule has 0 spiro atoms. The van der Waals surface area contributed by atoms with Crippen LogP contribution in [-0.4, -0.2) is 42.3 Å². The number of H-pyrrole nitrogens is 1. The Morgan fingerprint density at radius 1 is 1.17 bits per heavy atom. The molecule has 0 fully saturated rings. The standard InChI is InChI=1S/C12H14N2O8S2/c1-8-6-12(15)14(13-8)10-3-2-9(4-5-22-24(19,20)21)7-11(10)23(16,17)18/h2-3,6-7,13H,4-5H2,1H3,(H,16,17,18)(H,19,20,21). The minimum Gasteiger partial charge on any atom is -0.295 e. The van der Waals surface area contributed by atoms with Crippen molar-refractivity contribution in [2.75, 3.05) is 6.61 Å². The van der Waals surface area contributed by atoms with Gasteiger partial charge in [0.15, 0.2) is 0 Å². The van der Waals surface area contributed by atoms with E-state index in [0.29, 0.717) is 11.3 Å². The van der Waals surface area contributed by atoms with Crippen LogP contribution in [0.1, 0.15) is 11.3 Å². The summed E-state index contributed by atoms with van der Waals surface area (Å²) in [7, 11) is -9.26. The molecule has 24 heavy (non-hydrogen) atoms. The van der Waals surface area contributed by atoms with Gasteiger partial charge in [-0.25, -0.2) is 8.86 Å². The molecule has 0 aliphatic carbocycles. The van der Waals surface area contributed by atoms with E-state index in [1.165, 1.54) is 18.2 Å². The van der Waals surface area contributed by atoms with Gasteiger partial charge in [0.1, 0.15) is 4.90 Å². The van der Waals surface area contributed by atoms with Crippen molar-refractivity contribution in [3.63, 3.8) is 0 Å². The number of nitrogens with zero attached hydrogens (tertiary/aromatic N) is 1. The molecule has 1 heterocycles. The summed E-state index contributed by atoms with van der Waals surface area (Å²) in [5.41, 5.74) is 0.202. The molecule has 3 N–H and O–H groups in total. The number of aromatic amines is 1. The molecule has 1 aromatic heterocycles. The molecule has 0 radical (unpaired) electrons. The maximum Gasteiger partial charge on any atom is 0.397 e. The first-order valence-electron chi connectivity index (χ1n) is 6.49. The van der Waals surface area contributed by atoms with Crippen LogP contribution in [0.2, 0.25) is 0 Å². The zero-order valence-electron chi connectivity index (χ0n) is 12.3. The Morgan fingerprint density at radius 2 is 1.83 bits per heavy atom. The van der Waals surface area contributed by atoms with Gasteiger partial charge in [0.05, 0.1) is 12.3 Å². The van der Waals surface area contributed by atoms with Gasteiger partial charge in [-0.1, -0.05) is 6.07 Å². The summed E-state index contributed by atoms with van der Waals surface area (Å²) in [6, 6.07) is 5.05. The Bertz CT molecular complexity index is 1020. The fourth-order valence-electron chi connectivity index (χ4n) is 2.06. The van der Waals surface area contributed by atoms with E-state index < -0.39 is 37.6 Å². The number of hydrogen-bond acceptors (Lipinski definition) is 6. The average Bonchev–Trinajstić information content (AvgIpc) is 2.75. The topological polar surface area (TPSA) is 156 Å². The van der Waals surface area contributed by atoms with Gasteiger partial charge in [0, 0.05) is 11.8 Å². The van der Waals surface area contributed by atoms with Crippen LogP contribution in [0.3, 0.4) is 0 Å². The normalized spacial score (nSPS) is 12.5. The van der Waals surface area contributed by atoms with Crippen molar-refractivity contribution < 1.29 is 30.1 Å². The Labute approximate surface area is 137 Å². The van der Waals surface area contributed by atoms with Crippen LogP contribution in [0.4, 0.5) is 0 Å². The molecule has 0 amide bonds. The Morgan fingerprint density at radius 3 is 2.33 bits per heavy atom. The predicted octanol–water partition coefficient (Wildman–Crippen LogP) is 0.0826. The lowest BCUT2D eigenvalue weighted by Gasteiger charge is -2.10. The van der Waals surface area contributed by atoms with Gasteiger partial charge in [-0.05, 0) is 31.0 Å². The molecular weight excluding hydrogens is 364 g/mol. The summed E-state index contributed by atoms with van der Waals surface area (Å²) in [6.45, 7) is 1.18. The van der Waals surface area contributed by atoms with Gasteiger partial charge in [-0.2, -0.15) is 16.8 Å². The minimum absolute atomic E-state index is 0.0543. The van der Waals surface area contributed by atoms with E-state index in [0.717, 1.165) is 10.7 Å². The molecule has 132 valence electrons. The van der Waals surface area contributed by atoms with Crippen molar-refractivity contribution in [1.82, 2.24) is 9.78 Å². The highest BCUT2D eigenvalue weighted by molar-refractivity contribution is 7.86. The van der Waals surface area contributed by atoms with E-state index in [1.807, 2.05) is 0 Å². The van der Waals surface area contributed by atoms with Gasteiger partial charge in [0.2, 0.25) is 0 Å². The molecule has 0 atom stereocenters. The second-order valence-corrected chi connectivity index (χ2v) is 7.37. The largest absolute Gasteiger partial charge is 0.397 e. The number of rotatable bonds is 6. The molecule has 0 saturated heterocycles. The summed E-state index contributed by atoms with van der Waals surface area (Å²) in [6.07, 6.45) is -0.0543. The van der Waals surface area contributed by atoms with Gasteiger partial charge >= 0.3 is 10.4 Å². The number of nitrogens with one attached hydrogen (secondary N) is 1. The molecule has 0 bridgehead atoms. The SMILES string of the molecule is Cc1cc(=O)n(-c2ccc(CCOS(=O)(=O)O)cc2S(=O)(=O)O)[nH]1. The first-order chi connectivity index (χ1) is 11.0. The molecule has 0 aliphatic rings. The number of hydrogen-bond donors (Lipinski definition) is 3.